The van der Waals surface area contributed by atoms with Gasteiger partial charge in [0.25, 0.3) is 5.91 Å². The Kier molecular flexibility index (Phi) is 6.85. The molecule has 0 radical (unpaired) electrons. The molecule has 6 nitrogen and oxygen atoms in total. The fraction of sp³-hybridized carbons (Fsp3) is 0.476. The first-order valence-corrected chi connectivity index (χ1v) is 10.5. The summed E-state index contributed by atoms with van der Waals surface area (Å²) >= 11 is 11.9. The molecule has 2 N–H and O–H groups in total. The third-order valence-corrected chi connectivity index (χ3v) is 6.10. The molecule has 0 aliphatic heterocycles. The van der Waals surface area contributed by atoms with Crippen molar-refractivity contribution in [1.29, 1.82) is 0 Å². The summed E-state index contributed by atoms with van der Waals surface area (Å²) in [4.78, 5) is 23.7. The molecule has 0 bridgehead atoms. The zero-order valence-electron chi connectivity index (χ0n) is 17.2. The van der Waals surface area contributed by atoms with E-state index in [0.29, 0.717) is 27.6 Å². The van der Waals surface area contributed by atoms with Crippen molar-refractivity contribution in [3.8, 4) is 0 Å². The highest BCUT2D eigenvalue weighted by Gasteiger charge is 2.24. The van der Waals surface area contributed by atoms with Gasteiger partial charge in [-0.2, -0.15) is 4.98 Å². The van der Waals surface area contributed by atoms with Crippen LogP contribution >= 0.6 is 23.2 Å². The van der Waals surface area contributed by atoms with E-state index < -0.39 is 0 Å². The van der Waals surface area contributed by atoms with Gasteiger partial charge >= 0.3 is 0 Å². The first kappa shape index (κ1) is 21.7. The molecule has 1 heterocycles. The number of halogens is 2. The summed E-state index contributed by atoms with van der Waals surface area (Å²) in [6.45, 7) is 4.04. The molecule has 1 aromatic heterocycles. The molecule has 1 aliphatic carbocycles. The SMILES string of the molecule is Cc1nc(N[C@H]2CC[C@@H](NC(=O)c3ccc(Cl)c(Cl)c3)CC2)nc(N(C)C)c1C. The van der Waals surface area contributed by atoms with Crippen LogP contribution in [0.3, 0.4) is 0 Å². The van der Waals surface area contributed by atoms with Crippen molar-refractivity contribution in [3.63, 3.8) is 0 Å². The standard InChI is InChI=1S/C21H27Cl2N5O/c1-12-13(2)24-21(27-19(12)28(3)4)26-16-8-6-15(7-9-16)25-20(29)14-5-10-17(22)18(23)11-14/h5,10-11,15-16H,6-9H2,1-4H3,(H,25,29)(H,24,26,27)/t15-,16+. The number of aromatic nitrogens is 2. The summed E-state index contributed by atoms with van der Waals surface area (Å²) in [6, 6.07) is 5.38. The monoisotopic (exact) mass is 435 g/mol. The molecule has 0 atom stereocenters. The van der Waals surface area contributed by atoms with E-state index in [-0.39, 0.29) is 11.9 Å². The summed E-state index contributed by atoms with van der Waals surface area (Å²) in [5.41, 5.74) is 2.60. The smallest absolute Gasteiger partial charge is 0.251 e. The van der Waals surface area contributed by atoms with Crippen LogP contribution in [0.15, 0.2) is 18.2 Å². The summed E-state index contributed by atoms with van der Waals surface area (Å²) in [6.07, 6.45) is 3.69. The number of nitrogens with one attached hydrogen (secondary N) is 2. The van der Waals surface area contributed by atoms with Crippen LogP contribution in [-0.4, -0.2) is 42.1 Å². The van der Waals surface area contributed by atoms with Crippen LogP contribution in [0.1, 0.15) is 47.3 Å². The molecule has 1 fully saturated rings. The summed E-state index contributed by atoms with van der Waals surface area (Å²) in [7, 11) is 3.97. The van der Waals surface area contributed by atoms with Gasteiger partial charge < -0.3 is 15.5 Å². The van der Waals surface area contributed by atoms with Gasteiger partial charge in [0.2, 0.25) is 5.95 Å². The molecule has 1 aliphatic rings. The van der Waals surface area contributed by atoms with E-state index in [2.05, 4.69) is 20.6 Å². The Hall–Kier alpha value is -2.05. The molecular formula is C21H27Cl2N5O. The third kappa shape index (κ3) is 5.31. The number of anilines is 2. The molecule has 8 heteroatoms. The number of nitrogens with zero attached hydrogens (tertiary/aromatic N) is 3. The topological polar surface area (TPSA) is 70.1 Å². The predicted octanol–water partition coefficient (Wildman–Crippen LogP) is 4.62. The van der Waals surface area contributed by atoms with Crippen molar-refractivity contribution in [2.75, 3.05) is 24.3 Å². The minimum atomic E-state index is -0.118. The van der Waals surface area contributed by atoms with Crippen molar-refractivity contribution in [3.05, 3.63) is 45.1 Å². The number of amides is 1. The van der Waals surface area contributed by atoms with Gasteiger partial charge in [0.1, 0.15) is 5.82 Å². The number of hydrogen-bond acceptors (Lipinski definition) is 5. The van der Waals surface area contributed by atoms with Crippen molar-refractivity contribution < 1.29 is 4.79 Å². The lowest BCUT2D eigenvalue weighted by Crippen LogP contribution is -2.40. The van der Waals surface area contributed by atoms with Crippen LogP contribution in [0, 0.1) is 13.8 Å². The van der Waals surface area contributed by atoms with Crippen molar-refractivity contribution in [2.45, 2.75) is 51.6 Å². The van der Waals surface area contributed by atoms with Gasteiger partial charge in [-0.25, -0.2) is 4.98 Å². The maximum absolute atomic E-state index is 12.5. The number of carbonyl (C=O) groups excluding carboxylic acids is 1. The highest BCUT2D eigenvalue weighted by Crippen LogP contribution is 2.25. The van der Waals surface area contributed by atoms with Gasteiger partial charge in [0.05, 0.1) is 10.0 Å². The second kappa shape index (κ2) is 9.18. The van der Waals surface area contributed by atoms with Crippen LogP contribution in [0.5, 0.6) is 0 Å². The Labute approximate surface area is 182 Å². The lowest BCUT2D eigenvalue weighted by Gasteiger charge is -2.30. The number of carbonyl (C=O) groups is 1. The quantitative estimate of drug-likeness (QED) is 0.716. The molecule has 0 spiro atoms. The van der Waals surface area contributed by atoms with Gasteiger partial charge in [-0.05, 0) is 57.7 Å². The molecule has 0 saturated heterocycles. The highest BCUT2D eigenvalue weighted by molar-refractivity contribution is 6.42. The minimum absolute atomic E-state index is 0.118. The Balaban J connectivity index is 1.55. The van der Waals surface area contributed by atoms with E-state index in [4.69, 9.17) is 23.2 Å². The second-order valence-electron chi connectivity index (χ2n) is 7.77. The summed E-state index contributed by atoms with van der Waals surface area (Å²) < 4.78 is 0. The number of benzene rings is 1. The normalized spacial score (nSPS) is 19.0. The Morgan fingerprint density at radius 3 is 2.31 bits per heavy atom. The maximum Gasteiger partial charge on any atom is 0.251 e. The van der Waals surface area contributed by atoms with E-state index in [1.165, 1.54) is 0 Å². The lowest BCUT2D eigenvalue weighted by atomic mass is 9.91. The molecule has 1 saturated carbocycles. The number of aryl methyl sites for hydroxylation is 1. The van der Waals surface area contributed by atoms with Crippen molar-refractivity contribution in [1.82, 2.24) is 15.3 Å². The van der Waals surface area contributed by atoms with Gasteiger partial charge in [0.15, 0.2) is 0 Å². The Morgan fingerprint density at radius 1 is 1.03 bits per heavy atom. The van der Waals surface area contributed by atoms with Gasteiger partial charge in [-0.1, -0.05) is 23.2 Å². The molecule has 0 unspecified atom stereocenters. The van der Waals surface area contributed by atoms with E-state index in [0.717, 1.165) is 42.8 Å². The maximum atomic E-state index is 12.5. The molecule has 1 aromatic carbocycles. The van der Waals surface area contributed by atoms with Crippen LogP contribution < -0.4 is 15.5 Å². The molecule has 156 valence electrons. The molecule has 29 heavy (non-hydrogen) atoms. The molecule has 3 rings (SSSR count). The van der Waals surface area contributed by atoms with Crippen molar-refractivity contribution in [2.24, 2.45) is 0 Å². The molecule has 2 aromatic rings. The van der Waals surface area contributed by atoms with Crippen LogP contribution in [0.25, 0.3) is 0 Å². The molecular weight excluding hydrogens is 409 g/mol. The van der Waals surface area contributed by atoms with Gasteiger partial charge in [-0.3, -0.25) is 4.79 Å². The summed E-state index contributed by atoms with van der Waals surface area (Å²) in [5.74, 6) is 1.48. The average molecular weight is 436 g/mol. The van der Waals surface area contributed by atoms with E-state index >= 15 is 0 Å². The number of rotatable bonds is 5. The average Bonchev–Trinajstić information content (AvgIpc) is 2.68. The first-order chi connectivity index (χ1) is 13.7. The van der Waals surface area contributed by atoms with Gasteiger partial charge in [0, 0.05) is 43.0 Å². The fourth-order valence-corrected chi connectivity index (χ4v) is 3.88. The Bertz CT molecular complexity index is 895. The van der Waals surface area contributed by atoms with Crippen molar-refractivity contribution >= 4 is 40.9 Å². The first-order valence-electron chi connectivity index (χ1n) is 9.79. The zero-order chi connectivity index (χ0) is 21.1. The lowest BCUT2D eigenvalue weighted by molar-refractivity contribution is 0.0926. The van der Waals surface area contributed by atoms with E-state index in [1.54, 1.807) is 18.2 Å². The third-order valence-electron chi connectivity index (χ3n) is 5.36. The van der Waals surface area contributed by atoms with E-state index in [9.17, 15) is 4.79 Å². The largest absolute Gasteiger partial charge is 0.362 e. The van der Waals surface area contributed by atoms with E-state index in [1.807, 2.05) is 32.8 Å². The second-order valence-corrected chi connectivity index (χ2v) is 8.59. The number of hydrogen-bond donors (Lipinski definition) is 2. The van der Waals surface area contributed by atoms with Crippen LogP contribution in [-0.2, 0) is 0 Å². The zero-order valence-corrected chi connectivity index (χ0v) is 18.7. The fourth-order valence-electron chi connectivity index (χ4n) is 3.58. The Morgan fingerprint density at radius 2 is 1.69 bits per heavy atom. The van der Waals surface area contributed by atoms with Crippen LogP contribution in [0.4, 0.5) is 11.8 Å². The van der Waals surface area contributed by atoms with Gasteiger partial charge in [-0.15, -0.1) is 0 Å². The van der Waals surface area contributed by atoms with Crippen LogP contribution in [0.2, 0.25) is 10.0 Å². The highest BCUT2D eigenvalue weighted by atomic mass is 35.5. The molecule has 1 amide bonds. The predicted molar refractivity (Wildman–Crippen MR) is 119 cm³/mol. The summed E-state index contributed by atoms with van der Waals surface area (Å²) in [5, 5.41) is 7.40. The minimum Gasteiger partial charge on any atom is -0.362 e.